The van der Waals surface area contributed by atoms with E-state index in [0.717, 1.165) is 6.92 Å². The highest BCUT2D eigenvalue weighted by molar-refractivity contribution is 5.98. The van der Waals surface area contributed by atoms with Gasteiger partial charge in [-0.05, 0) is 56.4 Å². The van der Waals surface area contributed by atoms with Gasteiger partial charge in [0.15, 0.2) is 0 Å². The van der Waals surface area contributed by atoms with Gasteiger partial charge in [-0.25, -0.2) is 0 Å². The molecule has 1 unspecified atom stereocenters. The van der Waals surface area contributed by atoms with E-state index in [0.29, 0.717) is 5.56 Å². The van der Waals surface area contributed by atoms with Crippen LogP contribution < -0.4 is 54.0 Å². The topological polar surface area (TPSA) is 471 Å². The summed E-state index contributed by atoms with van der Waals surface area (Å²) >= 11 is 0. The number of primary amides is 1. The van der Waals surface area contributed by atoms with Gasteiger partial charge in [-0.2, -0.15) is 0 Å². The van der Waals surface area contributed by atoms with Gasteiger partial charge in [-0.3, -0.25) is 62.3 Å². The van der Waals surface area contributed by atoms with Crippen molar-refractivity contribution in [2.75, 3.05) is 6.54 Å². The standard InChI is InChI=1S/C46H70N10O18/c1-22(2)17-26(47)40(68)54-32(20-37(65)66)45(73)52-28(12-15-35(61)62)42(70)51-29(13-16-36(63)64)43(71)56-38(24(5)57)46(74)49-21-33(58)50-27(11-14-34(59)60)41(69)55-31(19-25-9-7-6-8-10-25)44(72)53-30(39(48)67)18-23(3)4/h6-10,22-24,26-32,38,57H,11-21,47H2,1-5H3,(H2,48,67)(H,49,74)(H,50,58)(H,51,70)(H,52,73)(H,53,72)(H,54,68)(H,55,69)(H,56,71)(H,59,60)(H,61,62)(H,63,64)(H,65,66)/t24-,26+,27+,28+,29+,30+,31+,32+,38?/m1/s1. The minimum Gasteiger partial charge on any atom is -0.481 e. The first kappa shape index (κ1) is 64.3. The van der Waals surface area contributed by atoms with Gasteiger partial charge in [-0.1, -0.05) is 58.0 Å². The molecule has 28 nitrogen and oxygen atoms in total. The molecule has 1 aromatic rings. The first-order valence-electron chi connectivity index (χ1n) is 23.5. The van der Waals surface area contributed by atoms with Crippen molar-refractivity contribution in [3.05, 3.63) is 35.9 Å². The summed E-state index contributed by atoms with van der Waals surface area (Å²) in [5, 5.41) is 66.1. The maximum Gasteiger partial charge on any atom is 0.305 e. The fourth-order valence-corrected chi connectivity index (χ4v) is 6.94. The zero-order valence-corrected chi connectivity index (χ0v) is 41.7. The lowest BCUT2D eigenvalue weighted by Gasteiger charge is -2.27. The van der Waals surface area contributed by atoms with Crippen LogP contribution in [0.1, 0.15) is 98.0 Å². The molecular weight excluding hydrogens is 981 g/mol. The summed E-state index contributed by atoms with van der Waals surface area (Å²) in [6, 6.07) is -4.52. The number of carboxylic acid groups (broad SMARTS) is 4. The zero-order chi connectivity index (χ0) is 56.4. The number of carboxylic acids is 4. The minimum atomic E-state index is -1.95. The van der Waals surface area contributed by atoms with E-state index in [1.165, 1.54) is 0 Å². The number of carbonyl (C=O) groups is 13. The van der Waals surface area contributed by atoms with E-state index in [1.54, 1.807) is 58.0 Å². The lowest BCUT2D eigenvalue weighted by Crippen LogP contribution is -2.60. The second kappa shape index (κ2) is 32.3. The number of nitrogens with one attached hydrogen (secondary N) is 8. The Hall–Kier alpha value is -7.75. The van der Waals surface area contributed by atoms with Gasteiger partial charge in [-0.15, -0.1) is 0 Å². The van der Waals surface area contributed by atoms with Crippen molar-refractivity contribution in [2.24, 2.45) is 23.3 Å². The Morgan fingerprint density at radius 1 is 0.486 bits per heavy atom. The molecule has 0 spiro atoms. The van der Waals surface area contributed by atoms with Crippen LogP contribution in [0.4, 0.5) is 0 Å². The Bertz CT molecular complexity index is 2160. The maximum atomic E-state index is 13.7. The predicted molar refractivity (Wildman–Crippen MR) is 257 cm³/mol. The smallest absolute Gasteiger partial charge is 0.305 e. The normalized spacial score (nSPS) is 14.7. The molecule has 1 aromatic carbocycles. The van der Waals surface area contributed by atoms with Crippen LogP contribution in [-0.4, -0.2) is 164 Å². The highest BCUT2D eigenvalue weighted by Gasteiger charge is 2.35. The molecule has 0 aliphatic heterocycles. The molecule has 0 aliphatic rings. The van der Waals surface area contributed by atoms with Crippen LogP contribution in [0.2, 0.25) is 0 Å². The van der Waals surface area contributed by atoms with Crippen LogP contribution in [0.25, 0.3) is 0 Å². The Morgan fingerprint density at radius 3 is 1.32 bits per heavy atom. The zero-order valence-electron chi connectivity index (χ0n) is 41.7. The van der Waals surface area contributed by atoms with Crippen molar-refractivity contribution in [1.29, 1.82) is 0 Å². The third-order valence-electron chi connectivity index (χ3n) is 10.7. The second-order valence-electron chi connectivity index (χ2n) is 18.2. The molecule has 28 heteroatoms. The molecule has 0 radical (unpaired) electrons. The van der Waals surface area contributed by atoms with E-state index in [9.17, 15) is 87.9 Å². The molecule has 9 amide bonds. The van der Waals surface area contributed by atoms with E-state index in [-0.39, 0.29) is 31.1 Å². The van der Waals surface area contributed by atoms with Gasteiger partial charge in [0.25, 0.3) is 0 Å². The summed E-state index contributed by atoms with van der Waals surface area (Å²) in [6.45, 7) is 7.11. The highest BCUT2D eigenvalue weighted by atomic mass is 16.4. The monoisotopic (exact) mass is 1050 g/mol. The summed E-state index contributed by atoms with van der Waals surface area (Å²) in [5.74, 6) is -15.9. The molecule has 74 heavy (non-hydrogen) atoms. The number of aliphatic hydroxyl groups excluding tert-OH is 1. The lowest BCUT2D eigenvalue weighted by atomic mass is 10.0. The quantitative estimate of drug-likeness (QED) is 0.0309. The van der Waals surface area contributed by atoms with Crippen LogP contribution in [0.5, 0.6) is 0 Å². The van der Waals surface area contributed by atoms with E-state index in [4.69, 9.17) is 11.5 Å². The molecule has 0 heterocycles. The van der Waals surface area contributed by atoms with Crippen LogP contribution in [0, 0.1) is 11.8 Å². The van der Waals surface area contributed by atoms with Gasteiger partial charge in [0.2, 0.25) is 53.2 Å². The van der Waals surface area contributed by atoms with Gasteiger partial charge in [0, 0.05) is 25.7 Å². The van der Waals surface area contributed by atoms with Crippen molar-refractivity contribution in [1.82, 2.24) is 42.5 Å². The van der Waals surface area contributed by atoms with Crippen LogP contribution >= 0.6 is 0 Å². The molecule has 9 atom stereocenters. The van der Waals surface area contributed by atoms with Gasteiger partial charge in [0.1, 0.15) is 42.3 Å². The third-order valence-corrected chi connectivity index (χ3v) is 10.7. The van der Waals surface area contributed by atoms with E-state index in [2.05, 4.69) is 42.5 Å². The Labute approximate surface area is 425 Å². The number of benzene rings is 1. The summed E-state index contributed by atoms with van der Waals surface area (Å²) in [4.78, 5) is 166. The second-order valence-corrected chi connectivity index (χ2v) is 18.2. The Morgan fingerprint density at radius 2 is 0.892 bits per heavy atom. The van der Waals surface area contributed by atoms with Gasteiger partial charge < -0.3 is 79.5 Å². The molecule has 1 rings (SSSR count). The summed E-state index contributed by atoms with van der Waals surface area (Å²) in [6.07, 6.45) is -6.77. The molecule has 0 saturated heterocycles. The van der Waals surface area contributed by atoms with Crippen molar-refractivity contribution in [3.8, 4) is 0 Å². The minimum absolute atomic E-state index is 0.0800. The number of hydrogen-bond acceptors (Lipinski definition) is 15. The maximum absolute atomic E-state index is 13.7. The average Bonchev–Trinajstić information content (AvgIpc) is 3.29. The van der Waals surface area contributed by atoms with Crippen molar-refractivity contribution >= 4 is 77.0 Å². The molecule has 0 aliphatic carbocycles. The molecule has 412 valence electrons. The fraction of sp³-hybridized carbons (Fsp3) is 0.587. The van der Waals surface area contributed by atoms with Crippen molar-refractivity contribution < 1.29 is 87.9 Å². The van der Waals surface area contributed by atoms with Crippen LogP contribution in [-0.2, 0) is 68.7 Å². The molecule has 0 saturated carbocycles. The third kappa shape index (κ3) is 25.6. The van der Waals surface area contributed by atoms with Crippen LogP contribution in [0.15, 0.2) is 30.3 Å². The molecular formula is C46H70N10O18. The number of carbonyl (C=O) groups excluding carboxylic acids is 9. The van der Waals surface area contributed by atoms with E-state index < -0.39 is 183 Å². The molecule has 0 aromatic heterocycles. The first-order chi connectivity index (χ1) is 34.5. The number of hydrogen-bond donors (Lipinski definition) is 15. The number of amides is 9. The summed E-state index contributed by atoms with van der Waals surface area (Å²) in [7, 11) is 0. The Balaban J connectivity index is 3.33. The van der Waals surface area contributed by atoms with Crippen molar-refractivity contribution in [2.45, 2.75) is 153 Å². The van der Waals surface area contributed by atoms with Crippen molar-refractivity contribution in [3.63, 3.8) is 0 Å². The SMILES string of the molecule is CC(C)C[C@H](NC(=O)[C@H](Cc1ccccc1)NC(=O)[C@H](CCC(=O)O)NC(=O)CNC(=O)C(NC(=O)[C@H](CCC(=O)O)NC(=O)[C@H](CCC(=O)O)NC(=O)[C@H](CC(=O)O)NC(=O)[C@@H](N)CC(C)C)[C@@H](C)O)C(N)=O. The summed E-state index contributed by atoms with van der Waals surface area (Å²) < 4.78 is 0. The fourth-order valence-electron chi connectivity index (χ4n) is 6.94. The lowest BCUT2D eigenvalue weighted by molar-refractivity contribution is -0.142. The number of rotatable bonds is 35. The predicted octanol–water partition coefficient (Wildman–Crippen LogP) is -3.91. The number of nitrogens with two attached hydrogens (primary N) is 2. The first-order valence-corrected chi connectivity index (χ1v) is 23.5. The van der Waals surface area contributed by atoms with Gasteiger partial charge in [0.05, 0.1) is 25.1 Å². The largest absolute Gasteiger partial charge is 0.481 e. The van der Waals surface area contributed by atoms with E-state index in [1.807, 2.05) is 0 Å². The molecule has 0 fully saturated rings. The molecule has 17 N–H and O–H groups in total. The number of aliphatic hydroxyl groups is 1. The van der Waals surface area contributed by atoms with Gasteiger partial charge >= 0.3 is 23.9 Å². The molecule has 0 bridgehead atoms. The highest BCUT2D eigenvalue weighted by Crippen LogP contribution is 2.11. The van der Waals surface area contributed by atoms with Crippen LogP contribution in [0.3, 0.4) is 0 Å². The Kier molecular flexibility index (Phi) is 28.1. The van der Waals surface area contributed by atoms with E-state index >= 15 is 0 Å². The number of aliphatic carboxylic acids is 4. The summed E-state index contributed by atoms with van der Waals surface area (Å²) in [5.41, 5.74) is 11.9. The average molecular weight is 1050 g/mol.